The number of nitrogens with zero attached hydrogens (tertiary/aromatic N) is 4. The molecule has 2 atom stereocenters. The van der Waals surface area contributed by atoms with Gasteiger partial charge in [-0.2, -0.15) is 10.2 Å². The molecule has 0 aromatic heterocycles. The first-order valence-corrected chi connectivity index (χ1v) is 11.5. The lowest BCUT2D eigenvalue weighted by Crippen LogP contribution is -2.28. The van der Waals surface area contributed by atoms with Crippen LogP contribution in [0.1, 0.15) is 25.0 Å². The fraction of sp³-hybridized carbons (Fsp3) is 0.214. The lowest BCUT2D eigenvalue weighted by Gasteiger charge is -2.15. The van der Waals surface area contributed by atoms with Gasteiger partial charge in [-0.1, -0.05) is 60.7 Å². The van der Waals surface area contributed by atoms with Crippen LogP contribution in [0.5, 0.6) is 0 Å². The normalized spacial score (nSPS) is 20.1. The van der Waals surface area contributed by atoms with Gasteiger partial charge in [-0.3, -0.25) is 9.59 Å². The van der Waals surface area contributed by atoms with Gasteiger partial charge in [0, 0.05) is 11.4 Å². The molecule has 0 N–H and O–H groups in total. The molecule has 2 amide bonds. The van der Waals surface area contributed by atoms with E-state index in [0.717, 1.165) is 33.9 Å². The number of hydrogen-bond donors (Lipinski definition) is 0. The van der Waals surface area contributed by atoms with Crippen LogP contribution in [0.2, 0.25) is 0 Å². The van der Waals surface area contributed by atoms with Crippen molar-refractivity contribution in [1.82, 2.24) is 0 Å². The molecule has 2 aliphatic rings. The van der Waals surface area contributed by atoms with Gasteiger partial charge >= 0.3 is 0 Å². The van der Waals surface area contributed by atoms with Gasteiger partial charge in [-0.25, -0.2) is 10.0 Å². The number of hydrazone groups is 2. The molecule has 2 aliphatic heterocycles. The van der Waals surface area contributed by atoms with E-state index in [4.69, 9.17) is 0 Å². The van der Waals surface area contributed by atoms with Gasteiger partial charge in [-0.15, -0.1) is 0 Å². The van der Waals surface area contributed by atoms with E-state index >= 15 is 0 Å². The fourth-order valence-electron chi connectivity index (χ4n) is 4.47. The molecule has 0 bridgehead atoms. The van der Waals surface area contributed by atoms with E-state index in [1.54, 1.807) is 0 Å². The first-order valence-electron chi connectivity index (χ1n) is 11.5. The van der Waals surface area contributed by atoms with Crippen molar-refractivity contribution in [3.63, 3.8) is 0 Å². The number of rotatable bonds is 6. The van der Waals surface area contributed by atoms with Crippen LogP contribution in [0.3, 0.4) is 0 Å². The molecule has 0 saturated heterocycles. The second kappa shape index (κ2) is 9.06. The molecule has 0 unspecified atom stereocenters. The van der Waals surface area contributed by atoms with Crippen molar-refractivity contribution in [1.29, 1.82) is 0 Å². The number of hydrogen-bond acceptors (Lipinski definition) is 4. The zero-order valence-electron chi connectivity index (χ0n) is 19.3. The molecular weight excluding hydrogens is 424 g/mol. The van der Waals surface area contributed by atoms with Crippen LogP contribution in [0.4, 0.5) is 11.4 Å². The molecule has 0 fully saturated rings. The van der Waals surface area contributed by atoms with Gasteiger partial charge in [0.25, 0.3) is 11.8 Å². The molecule has 3 aromatic rings. The summed E-state index contributed by atoms with van der Waals surface area (Å²) in [7, 11) is 0. The average Bonchev–Trinajstić information content (AvgIpc) is 3.31. The fourth-order valence-corrected chi connectivity index (χ4v) is 4.47. The van der Waals surface area contributed by atoms with Crippen LogP contribution in [0, 0.1) is 11.8 Å². The van der Waals surface area contributed by atoms with E-state index < -0.39 is 0 Å². The molecule has 0 radical (unpaired) electrons. The van der Waals surface area contributed by atoms with Gasteiger partial charge in [0.05, 0.1) is 23.2 Å². The topological polar surface area (TPSA) is 65.3 Å². The van der Waals surface area contributed by atoms with Crippen LogP contribution >= 0.6 is 0 Å². The van der Waals surface area contributed by atoms with Crippen LogP contribution in [-0.4, -0.2) is 23.2 Å². The van der Waals surface area contributed by atoms with Crippen molar-refractivity contribution in [3.05, 3.63) is 96.1 Å². The number of amides is 2. The van der Waals surface area contributed by atoms with Crippen molar-refractivity contribution in [3.8, 4) is 0 Å². The number of anilines is 2. The predicted octanol–water partition coefficient (Wildman–Crippen LogP) is 4.85. The van der Waals surface area contributed by atoms with Crippen molar-refractivity contribution in [2.24, 2.45) is 22.0 Å². The molecule has 0 aliphatic carbocycles. The highest BCUT2D eigenvalue weighted by atomic mass is 16.2. The first kappa shape index (κ1) is 21.8. The summed E-state index contributed by atoms with van der Waals surface area (Å²) in [5, 5.41) is 12.0. The van der Waals surface area contributed by atoms with Gasteiger partial charge in [0.2, 0.25) is 0 Å². The van der Waals surface area contributed by atoms with E-state index in [1.165, 1.54) is 10.0 Å². The lowest BCUT2D eigenvalue weighted by atomic mass is 9.92. The number of para-hydroxylation sites is 2. The molecule has 6 nitrogen and oxygen atoms in total. The molecule has 2 heterocycles. The van der Waals surface area contributed by atoms with Crippen molar-refractivity contribution >= 4 is 34.6 Å². The Balaban J connectivity index is 1.24. The lowest BCUT2D eigenvalue weighted by molar-refractivity contribution is -0.120. The Morgan fingerprint density at radius 1 is 0.588 bits per heavy atom. The summed E-state index contributed by atoms with van der Waals surface area (Å²) in [5.74, 6) is -0.540. The smallest absolute Gasteiger partial charge is 0.256 e. The summed E-state index contributed by atoms with van der Waals surface area (Å²) >= 11 is 0. The molecule has 0 spiro atoms. The molecule has 3 aromatic carbocycles. The van der Waals surface area contributed by atoms with Crippen molar-refractivity contribution < 1.29 is 9.59 Å². The van der Waals surface area contributed by atoms with Crippen molar-refractivity contribution in [2.45, 2.75) is 26.7 Å². The molecule has 34 heavy (non-hydrogen) atoms. The summed E-state index contributed by atoms with van der Waals surface area (Å²) in [6, 6.07) is 27.2. The van der Waals surface area contributed by atoms with Gasteiger partial charge in [0.15, 0.2) is 0 Å². The number of carbonyl (C=O) groups excluding carboxylic acids is 2. The first-order chi connectivity index (χ1) is 16.5. The third kappa shape index (κ3) is 4.15. The summed E-state index contributed by atoms with van der Waals surface area (Å²) in [6.07, 6.45) is 1.20. The standard InChI is InChI=1S/C28H26N4O2/c1-19-25(27(33)31(29-19)23-9-5-3-6-10-23)17-21-13-15-22(16-14-21)18-26-20(2)30-32(28(26)34)24-11-7-4-8-12-24/h3-16,25-26H,17-18H2,1-2H3/t25-,26-/m0/s1. The number of carbonyl (C=O) groups is 2. The van der Waals surface area contributed by atoms with Crippen molar-refractivity contribution in [2.75, 3.05) is 10.0 Å². The van der Waals surface area contributed by atoms with Crippen LogP contribution < -0.4 is 10.0 Å². The Bertz CT molecular complexity index is 1170. The minimum absolute atomic E-state index is 0.00262. The average molecular weight is 451 g/mol. The van der Waals surface area contributed by atoms with Crippen LogP contribution in [0.25, 0.3) is 0 Å². The second-order valence-electron chi connectivity index (χ2n) is 8.78. The summed E-state index contributed by atoms with van der Waals surface area (Å²) in [6.45, 7) is 3.82. The highest BCUT2D eigenvalue weighted by molar-refractivity contribution is 6.15. The summed E-state index contributed by atoms with van der Waals surface area (Å²) in [4.78, 5) is 26.0. The second-order valence-corrected chi connectivity index (χ2v) is 8.78. The minimum Gasteiger partial charge on any atom is -0.272 e. The zero-order valence-corrected chi connectivity index (χ0v) is 19.3. The third-order valence-electron chi connectivity index (χ3n) is 6.44. The van der Waals surface area contributed by atoms with Gasteiger partial charge < -0.3 is 0 Å². The van der Waals surface area contributed by atoms with Gasteiger partial charge in [0.1, 0.15) is 0 Å². The Morgan fingerprint density at radius 2 is 0.941 bits per heavy atom. The van der Waals surface area contributed by atoms with E-state index in [9.17, 15) is 9.59 Å². The maximum Gasteiger partial charge on any atom is 0.256 e. The largest absolute Gasteiger partial charge is 0.272 e. The Hall–Kier alpha value is -4.06. The van der Waals surface area contributed by atoms with E-state index in [0.29, 0.717) is 12.8 Å². The predicted molar refractivity (Wildman–Crippen MR) is 135 cm³/mol. The van der Waals surface area contributed by atoms with Crippen LogP contribution in [-0.2, 0) is 22.4 Å². The maximum absolute atomic E-state index is 13.0. The minimum atomic E-state index is -0.267. The highest BCUT2D eigenvalue weighted by Crippen LogP contribution is 2.28. The van der Waals surface area contributed by atoms with Crippen LogP contribution in [0.15, 0.2) is 95.1 Å². The zero-order chi connectivity index (χ0) is 23.7. The SMILES string of the molecule is CC1=NN(c2ccccc2)C(=O)[C@H]1Cc1ccc(C[C@@H]2C(=O)N(c3ccccc3)N=C2C)cc1. The van der Waals surface area contributed by atoms with E-state index in [1.807, 2.05) is 98.8 Å². The van der Waals surface area contributed by atoms with E-state index in [-0.39, 0.29) is 23.7 Å². The Morgan fingerprint density at radius 3 is 1.29 bits per heavy atom. The number of benzene rings is 3. The molecule has 6 heteroatoms. The maximum atomic E-state index is 13.0. The summed E-state index contributed by atoms with van der Waals surface area (Å²) in [5.41, 5.74) is 5.35. The molecule has 170 valence electrons. The Kier molecular flexibility index (Phi) is 5.80. The Labute approximate surface area is 199 Å². The van der Waals surface area contributed by atoms with E-state index in [2.05, 4.69) is 10.2 Å². The highest BCUT2D eigenvalue weighted by Gasteiger charge is 2.35. The monoisotopic (exact) mass is 450 g/mol. The molecular formula is C28H26N4O2. The molecule has 5 rings (SSSR count). The quantitative estimate of drug-likeness (QED) is 0.539. The third-order valence-corrected chi connectivity index (χ3v) is 6.44. The summed E-state index contributed by atoms with van der Waals surface area (Å²) < 4.78 is 0. The van der Waals surface area contributed by atoms with Gasteiger partial charge in [-0.05, 0) is 62.1 Å². The molecule has 0 saturated carbocycles.